The van der Waals surface area contributed by atoms with Gasteiger partial charge in [0.1, 0.15) is 0 Å². The molecule has 0 radical (unpaired) electrons. The highest BCUT2D eigenvalue weighted by atomic mass is 16.1. The topological polar surface area (TPSA) is 107 Å². The molecular weight excluding hydrogens is 392 g/mol. The third kappa shape index (κ3) is 3.40. The van der Waals surface area contributed by atoms with Crippen LogP contribution in [-0.4, -0.2) is 26.6 Å². The zero-order valence-corrected chi connectivity index (χ0v) is 16.6. The van der Waals surface area contributed by atoms with E-state index in [0.717, 1.165) is 34.0 Å². The smallest absolute Gasteiger partial charge is 0.248 e. The van der Waals surface area contributed by atoms with Gasteiger partial charge in [0, 0.05) is 28.7 Å². The van der Waals surface area contributed by atoms with Crippen LogP contribution in [0.2, 0.25) is 0 Å². The normalized spacial score (nSPS) is 11.0. The predicted molar refractivity (Wildman–Crippen MR) is 121 cm³/mol. The van der Waals surface area contributed by atoms with Gasteiger partial charge >= 0.3 is 0 Å². The zero-order valence-electron chi connectivity index (χ0n) is 16.6. The van der Waals surface area contributed by atoms with Gasteiger partial charge in [0.25, 0.3) is 0 Å². The second kappa shape index (κ2) is 7.42. The van der Waals surface area contributed by atoms with E-state index in [4.69, 9.17) is 0 Å². The number of nitrogens with zero attached hydrogens (tertiary/aromatic N) is 3. The van der Waals surface area contributed by atoms with E-state index in [1.165, 1.54) is 4.90 Å². The first-order chi connectivity index (χ1) is 15.1. The van der Waals surface area contributed by atoms with E-state index in [0.29, 0.717) is 22.7 Å². The summed E-state index contributed by atoms with van der Waals surface area (Å²) in [4.78, 5) is 32.7. The highest BCUT2D eigenvalue weighted by Gasteiger charge is 2.15. The van der Waals surface area contributed by atoms with Gasteiger partial charge in [-0.05, 0) is 55.0 Å². The van der Waals surface area contributed by atoms with Gasteiger partial charge in [-0.15, -0.1) is 0 Å². The summed E-state index contributed by atoms with van der Waals surface area (Å²) >= 11 is 0. The molecule has 0 saturated carbocycles. The minimum atomic E-state index is -0.183. The summed E-state index contributed by atoms with van der Waals surface area (Å²) in [5, 5.41) is 12.2. The Bertz CT molecular complexity index is 1490. The van der Waals surface area contributed by atoms with E-state index >= 15 is 0 Å². The monoisotopic (exact) mass is 410 g/mol. The maximum atomic E-state index is 12.1. The first kappa shape index (κ1) is 18.6. The molecule has 5 aromatic rings. The van der Waals surface area contributed by atoms with E-state index in [9.17, 15) is 9.59 Å². The van der Waals surface area contributed by atoms with E-state index < -0.39 is 0 Å². The molecule has 0 fully saturated rings. The summed E-state index contributed by atoms with van der Waals surface area (Å²) in [5.74, 6) is 0.520. The first-order valence-corrected chi connectivity index (χ1v) is 9.66. The number of amides is 1. The average molecular weight is 410 g/mol. The number of carbonyl (C=O) groups excluding carboxylic acids is 1. The Hall–Kier alpha value is -4.46. The fraction of sp³-hybridized carbons (Fsp3) is 0.0435. The Kier molecular flexibility index (Phi) is 4.44. The fourth-order valence-electron chi connectivity index (χ4n) is 3.67. The molecule has 0 spiro atoms. The number of fused-ring (bicyclic) bond motifs is 2. The Morgan fingerprint density at radius 1 is 1.06 bits per heavy atom. The van der Waals surface area contributed by atoms with Gasteiger partial charge in [-0.2, -0.15) is 5.10 Å². The lowest BCUT2D eigenvalue weighted by atomic mass is 10.1. The molecule has 5 rings (SSSR count). The number of anilines is 4. The molecule has 31 heavy (non-hydrogen) atoms. The van der Waals surface area contributed by atoms with Crippen molar-refractivity contribution in [2.45, 2.75) is 6.92 Å². The molecule has 152 valence electrons. The van der Waals surface area contributed by atoms with Crippen LogP contribution in [0.15, 0.2) is 71.8 Å². The lowest BCUT2D eigenvalue weighted by molar-refractivity contribution is -0.106. The Balaban J connectivity index is 1.56. The van der Waals surface area contributed by atoms with Crippen LogP contribution < -0.4 is 15.8 Å². The average Bonchev–Trinajstić information content (AvgIpc) is 3.23. The molecule has 3 N–H and O–H groups in total. The van der Waals surface area contributed by atoms with Gasteiger partial charge in [0.05, 0.1) is 28.6 Å². The summed E-state index contributed by atoms with van der Waals surface area (Å²) in [6, 6.07) is 16.4. The Morgan fingerprint density at radius 2 is 1.97 bits per heavy atom. The third-order valence-corrected chi connectivity index (χ3v) is 5.17. The lowest BCUT2D eigenvalue weighted by Crippen LogP contribution is -2.16. The number of H-pyrrole nitrogens is 2. The second-order valence-corrected chi connectivity index (χ2v) is 7.19. The molecule has 0 aliphatic heterocycles. The van der Waals surface area contributed by atoms with Crippen LogP contribution in [0, 0.1) is 6.92 Å². The number of rotatable bonds is 5. The SMILES string of the molecule is Cc1cc(=O)[nH]c2cc(N(C=O)c3cccnc3Nc3ccc4cn[nH]c4c3)ccc12. The van der Waals surface area contributed by atoms with Crippen molar-refractivity contribution in [3.63, 3.8) is 0 Å². The minimum Gasteiger partial charge on any atom is -0.338 e. The number of pyridine rings is 2. The molecule has 0 saturated heterocycles. The summed E-state index contributed by atoms with van der Waals surface area (Å²) < 4.78 is 0. The molecule has 0 bridgehead atoms. The number of hydrogen-bond acceptors (Lipinski definition) is 5. The molecule has 0 aliphatic rings. The predicted octanol–water partition coefficient (Wildman–Crippen LogP) is 4.15. The van der Waals surface area contributed by atoms with Crippen molar-refractivity contribution in [2.24, 2.45) is 0 Å². The number of benzene rings is 2. The molecule has 3 heterocycles. The summed E-state index contributed by atoms with van der Waals surface area (Å²) in [6.07, 6.45) is 4.14. The van der Waals surface area contributed by atoms with Crippen molar-refractivity contribution >= 4 is 51.1 Å². The number of aryl methyl sites for hydroxylation is 1. The molecule has 8 heteroatoms. The van der Waals surface area contributed by atoms with E-state index in [1.807, 2.05) is 43.3 Å². The van der Waals surface area contributed by atoms with E-state index in [-0.39, 0.29) is 5.56 Å². The van der Waals surface area contributed by atoms with Crippen molar-refractivity contribution < 1.29 is 4.79 Å². The summed E-state index contributed by atoms with van der Waals surface area (Å²) in [7, 11) is 0. The van der Waals surface area contributed by atoms with Crippen LogP contribution in [0.25, 0.3) is 21.8 Å². The van der Waals surface area contributed by atoms with Crippen molar-refractivity contribution in [2.75, 3.05) is 10.2 Å². The van der Waals surface area contributed by atoms with Gasteiger partial charge in [-0.1, -0.05) is 6.07 Å². The van der Waals surface area contributed by atoms with Crippen LogP contribution in [0.3, 0.4) is 0 Å². The largest absolute Gasteiger partial charge is 0.338 e. The lowest BCUT2D eigenvalue weighted by Gasteiger charge is -2.21. The van der Waals surface area contributed by atoms with E-state index in [2.05, 4.69) is 25.5 Å². The molecule has 3 aromatic heterocycles. The van der Waals surface area contributed by atoms with Crippen LogP contribution in [-0.2, 0) is 4.79 Å². The minimum absolute atomic E-state index is 0.183. The van der Waals surface area contributed by atoms with Gasteiger partial charge in [0.15, 0.2) is 5.82 Å². The maximum Gasteiger partial charge on any atom is 0.248 e. The van der Waals surface area contributed by atoms with Crippen LogP contribution in [0.1, 0.15) is 5.56 Å². The summed E-state index contributed by atoms with van der Waals surface area (Å²) in [6.45, 7) is 1.88. The van der Waals surface area contributed by atoms with Crippen molar-refractivity contribution in [1.82, 2.24) is 20.2 Å². The van der Waals surface area contributed by atoms with Gasteiger partial charge < -0.3 is 10.3 Å². The molecule has 0 atom stereocenters. The molecular formula is C23H18N6O2. The number of carbonyl (C=O) groups is 1. The fourth-order valence-corrected chi connectivity index (χ4v) is 3.67. The van der Waals surface area contributed by atoms with Gasteiger partial charge in [0.2, 0.25) is 12.0 Å². The van der Waals surface area contributed by atoms with E-state index in [1.54, 1.807) is 30.6 Å². The molecule has 1 amide bonds. The quantitative estimate of drug-likeness (QED) is 0.378. The van der Waals surface area contributed by atoms with Gasteiger partial charge in [-0.25, -0.2) is 4.98 Å². The van der Waals surface area contributed by atoms with Crippen molar-refractivity contribution in [3.8, 4) is 0 Å². The number of aromatic nitrogens is 4. The standard InChI is InChI=1S/C23H18N6O2/c1-14-9-22(31)27-20-11-17(6-7-18(14)20)29(13-30)21-3-2-8-24-23(21)26-16-5-4-15-12-25-28-19(15)10-16/h2-13H,1H3,(H,24,26)(H,25,28)(H,27,31). The summed E-state index contributed by atoms with van der Waals surface area (Å²) in [5.41, 5.74) is 4.25. The number of aromatic amines is 2. The Morgan fingerprint density at radius 3 is 2.84 bits per heavy atom. The number of hydrogen-bond donors (Lipinski definition) is 3. The molecule has 8 nitrogen and oxygen atoms in total. The van der Waals surface area contributed by atoms with Crippen LogP contribution >= 0.6 is 0 Å². The molecule has 0 aliphatic carbocycles. The van der Waals surface area contributed by atoms with Crippen molar-refractivity contribution in [1.29, 1.82) is 0 Å². The van der Waals surface area contributed by atoms with Gasteiger partial charge in [-0.3, -0.25) is 19.6 Å². The molecule has 0 unspecified atom stereocenters. The second-order valence-electron chi connectivity index (χ2n) is 7.19. The first-order valence-electron chi connectivity index (χ1n) is 9.66. The van der Waals surface area contributed by atoms with Crippen LogP contribution in [0.5, 0.6) is 0 Å². The highest BCUT2D eigenvalue weighted by Crippen LogP contribution is 2.33. The maximum absolute atomic E-state index is 12.1. The Labute approximate surface area is 176 Å². The molecule has 2 aromatic carbocycles. The third-order valence-electron chi connectivity index (χ3n) is 5.17. The highest BCUT2D eigenvalue weighted by molar-refractivity contribution is 5.95. The van der Waals surface area contributed by atoms with Crippen LogP contribution in [0.4, 0.5) is 22.9 Å². The number of nitrogens with one attached hydrogen (secondary N) is 3. The van der Waals surface area contributed by atoms with Crippen molar-refractivity contribution in [3.05, 3.63) is 82.9 Å². The zero-order chi connectivity index (χ0) is 21.4.